The van der Waals surface area contributed by atoms with Crippen LogP contribution in [0.2, 0.25) is 0 Å². The van der Waals surface area contributed by atoms with Crippen LogP contribution in [-0.2, 0) is 0 Å². The fraction of sp³-hybridized carbons (Fsp3) is 0.385. The molecule has 2 atom stereocenters. The normalized spacial score (nSPS) is 23.9. The van der Waals surface area contributed by atoms with Crippen LogP contribution in [0.3, 0.4) is 0 Å². The molecule has 0 spiro atoms. The van der Waals surface area contributed by atoms with E-state index in [9.17, 15) is 4.39 Å². The zero-order valence-corrected chi connectivity index (χ0v) is 8.78. The Balaban J connectivity index is 2.29. The summed E-state index contributed by atoms with van der Waals surface area (Å²) in [7, 11) is 1.94. The smallest absolute Gasteiger partial charge is 0.127 e. The molecule has 1 aromatic carbocycles. The van der Waals surface area contributed by atoms with E-state index in [4.69, 9.17) is 6.42 Å². The molecular formula is C13H14FN. The number of rotatable bonds is 2. The molecule has 1 aromatic rings. The Kier molecular flexibility index (Phi) is 2.75. The van der Waals surface area contributed by atoms with Crippen molar-refractivity contribution >= 4 is 0 Å². The molecule has 0 fully saturated rings. The summed E-state index contributed by atoms with van der Waals surface area (Å²) in [4.78, 5) is 2.03. The minimum absolute atomic E-state index is 0.132. The molecular weight excluding hydrogens is 189 g/mol. The van der Waals surface area contributed by atoms with E-state index in [1.807, 2.05) is 36.2 Å². The number of hydrogen-bond acceptors (Lipinski definition) is 1. The summed E-state index contributed by atoms with van der Waals surface area (Å²) in [6.07, 6.45) is 4.95. The monoisotopic (exact) mass is 203 g/mol. The fourth-order valence-electron chi connectivity index (χ4n) is 2.22. The molecule has 0 unspecified atom stereocenters. The first-order valence-corrected chi connectivity index (χ1v) is 5.10. The van der Waals surface area contributed by atoms with E-state index in [1.54, 1.807) is 0 Å². The highest BCUT2D eigenvalue weighted by atomic mass is 19.1. The van der Waals surface area contributed by atoms with E-state index in [2.05, 4.69) is 5.92 Å². The molecule has 2 heteroatoms. The van der Waals surface area contributed by atoms with Crippen molar-refractivity contribution in [3.05, 3.63) is 35.4 Å². The van der Waals surface area contributed by atoms with Crippen LogP contribution in [0.5, 0.6) is 0 Å². The van der Waals surface area contributed by atoms with Crippen LogP contribution in [0, 0.1) is 12.3 Å². The summed E-state index contributed by atoms with van der Waals surface area (Å²) < 4.78 is 13.7. The van der Waals surface area contributed by atoms with Gasteiger partial charge < -0.3 is 0 Å². The molecule has 0 heterocycles. The van der Waals surface area contributed by atoms with Gasteiger partial charge in [-0.25, -0.2) is 4.39 Å². The van der Waals surface area contributed by atoms with Gasteiger partial charge in [0.1, 0.15) is 6.17 Å². The van der Waals surface area contributed by atoms with Gasteiger partial charge in [0.15, 0.2) is 0 Å². The van der Waals surface area contributed by atoms with Crippen LogP contribution >= 0.6 is 0 Å². The molecule has 0 saturated carbocycles. The molecule has 0 radical (unpaired) electrons. The van der Waals surface area contributed by atoms with E-state index in [0.717, 1.165) is 11.1 Å². The van der Waals surface area contributed by atoms with Crippen molar-refractivity contribution in [3.8, 4) is 12.3 Å². The van der Waals surface area contributed by atoms with Gasteiger partial charge in [-0.1, -0.05) is 30.2 Å². The highest BCUT2D eigenvalue weighted by molar-refractivity contribution is 5.36. The molecule has 0 aliphatic heterocycles. The summed E-state index contributed by atoms with van der Waals surface area (Å²) in [5, 5.41) is 0. The Morgan fingerprint density at radius 3 is 2.80 bits per heavy atom. The third kappa shape index (κ3) is 1.75. The fourth-order valence-corrected chi connectivity index (χ4v) is 2.22. The maximum Gasteiger partial charge on any atom is 0.127 e. The molecule has 0 amide bonds. The standard InChI is InChI=1S/C13H14FN/c1-3-8-15(2)13-9-12(14)10-6-4-5-7-11(10)13/h1,4-7,12-13H,8-9H2,2H3/t12-,13-/m1/s1. The lowest BCUT2D eigenvalue weighted by molar-refractivity contribution is 0.226. The zero-order valence-electron chi connectivity index (χ0n) is 8.78. The van der Waals surface area contributed by atoms with Gasteiger partial charge in [0, 0.05) is 12.5 Å². The number of nitrogens with zero attached hydrogens (tertiary/aromatic N) is 1. The average molecular weight is 203 g/mol. The van der Waals surface area contributed by atoms with Gasteiger partial charge in [-0.2, -0.15) is 0 Å². The molecule has 0 aromatic heterocycles. The lowest BCUT2D eigenvalue weighted by Crippen LogP contribution is -2.23. The van der Waals surface area contributed by atoms with Crippen molar-refractivity contribution in [2.45, 2.75) is 18.6 Å². The molecule has 1 aliphatic rings. The van der Waals surface area contributed by atoms with Gasteiger partial charge in [0.25, 0.3) is 0 Å². The third-order valence-electron chi connectivity index (χ3n) is 3.00. The van der Waals surface area contributed by atoms with Gasteiger partial charge in [0.2, 0.25) is 0 Å². The van der Waals surface area contributed by atoms with Crippen LogP contribution in [0.25, 0.3) is 0 Å². The maximum atomic E-state index is 13.7. The van der Waals surface area contributed by atoms with Crippen molar-refractivity contribution in [2.24, 2.45) is 0 Å². The van der Waals surface area contributed by atoms with E-state index >= 15 is 0 Å². The van der Waals surface area contributed by atoms with E-state index in [1.165, 1.54) is 0 Å². The lowest BCUT2D eigenvalue weighted by atomic mass is 10.1. The van der Waals surface area contributed by atoms with Crippen molar-refractivity contribution in [1.82, 2.24) is 4.90 Å². The van der Waals surface area contributed by atoms with Crippen LogP contribution in [0.15, 0.2) is 24.3 Å². The van der Waals surface area contributed by atoms with Gasteiger partial charge >= 0.3 is 0 Å². The van der Waals surface area contributed by atoms with Crippen molar-refractivity contribution in [1.29, 1.82) is 0 Å². The summed E-state index contributed by atoms with van der Waals surface area (Å²) in [5.74, 6) is 2.59. The van der Waals surface area contributed by atoms with Crippen molar-refractivity contribution in [3.63, 3.8) is 0 Å². The number of benzene rings is 1. The second-order valence-electron chi connectivity index (χ2n) is 3.97. The predicted octanol–water partition coefficient (Wildman–Crippen LogP) is 2.71. The average Bonchev–Trinajstić information content (AvgIpc) is 2.58. The molecule has 0 N–H and O–H groups in total. The third-order valence-corrected chi connectivity index (χ3v) is 3.00. The summed E-state index contributed by atoms with van der Waals surface area (Å²) >= 11 is 0. The first kappa shape index (κ1) is 10.2. The number of hydrogen-bond donors (Lipinski definition) is 0. The predicted molar refractivity (Wildman–Crippen MR) is 59.1 cm³/mol. The first-order chi connectivity index (χ1) is 7.24. The Labute approximate surface area is 89.9 Å². The zero-order chi connectivity index (χ0) is 10.8. The minimum Gasteiger partial charge on any atom is -0.288 e. The van der Waals surface area contributed by atoms with E-state index in [-0.39, 0.29) is 6.04 Å². The van der Waals surface area contributed by atoms with E-state index < -0.39 is 6.17 Å². The van der Waals surface area contributed by atoms with Crippen LogP contribution in [0.4, 0.5) is 4.39 Å². The van der Waals surface area contributed by atoms with Gasteiger partial charge in [-0.05, 0) is 18.2 Å². The Bertz CT molecular complexity index is 394. The SMILES string of the molecule is C#CCN(C)[C@@H]1C[C@@H](F)c2ccccc21. The van der Waals surface area contributed by atoms with Crippen LogP contribution in [0.1, 0.15) is 29.8 Å². The molecule has 78 valence electrons. The van der Waals surface area contributed by atoms with Gasteiger partial charge in [0.05, 0.1) is 6.54 Å². The summed E-state index contributed by atoms with van der Waals surface area (Å²) in [6, 6.07) is 7.83. The second-order valence-corrected chi connectivity index (χ2v) is 3.97. The molecule has 15 heavy (non-hydrogen) atoms. The number of terminal acetylenes is 1. The summed E-state index contributed by atoms with van der Waals surface area (Å²) in [6.45, 7) is 0.561. The molecule has 2 rings (SSSR count). The Morgan fingerprint density at radius 1 is 1.47 bits per heavy atom. The van der Waals surface area contributed by atoms with Crippen molar-refractivity contribution in [2.75, 3.05) is 13.6 Å². The first-order valence-electron chi connectivity index (χ1n) is 5.10. The van der Waals surface area contributed by atoms with Crippen LogP contribution in [-0.4, -0.2) is 18.5 Å². The minimum atomic E-state index is -0.841. The number of alkyl halides is 1. The molecule has 1 aliphatic carbocycles. The van der Waals surface area contributed by atoms with Crippen LogP contribution < -0.4 is 0 Å². The Morgan fingerprint density at radius 2 is 2.13 bits per heavy atom. The number of halogens is 1. The Hall–Kier alpha value is -1.33. The summed E-state index contributed by atoms with van der Waals surface area (Å²) in [5.41, 5.74) is 1.91. The topological polar surface area (TPSA) is 3.24 Å². The molecule has 0 bridgehead atoms. The largest absolute Gasteiger partial charge is 0.288 e. The van der Waals surface area contributed by atoms with Gasteiger partial charge in [-0.15, -0.1) is 6.42 Å². The number of fused-ring (bicyclic) bond motifs is 1. The van der Waals surface area contributed by atoms with Crippen molar-refractivity contribution < 1.29 is 4.39 Å². The lowest BCUT2D eigenvalue weighted by Gasteiger charge is -2.22. The molecule has 1 nitrogen and oxygen atoms in total. The highest BCUT2D eigenvalue weighted by Gasteiger charge is 2.32. The molecule has 0 saturated heterocycles. The highest BCUT2D eigenvalue weighted by Crippen LogP contribution is 2.43. The van der Waals surface area contributed by atoms with E-state index in [0.29, 0.717) is 13.0 Å². The van der Waals surface area contributed by atoms with Gasteiger partial charge in [-0.3, -0.25) is 4.90 Å². The second kappa shape index (κ2) is 4.04. The quantitative estimate of drug-likeness (QED) is 0.668. The maximum absolute atomic E-state index is 13.7.